The van der Waals surface area contributed by atoms with Crippen LogP contribution >= 0.6 is 11.8 Å². The minimum atomic E-state index is -3.92. The summed E-state index contributed by atoms with van der Waals surface area (Å²) in [4.78, 5) is 0. The summed E-state index contributed by atoms with van der Waals surface area (Å²) in [6, 6.07) is 0. The second-order valence-electron chi connectivity index (χ2n) is 3.50. The van der Waals surface area contributed by atoms with Crippen LogP contribution < -0.4 is 0 Å². The van der Waals surface area contributed by atoms with Crippen molar-refractivity contribution < 1.29 is 17.7 Å². The summed E-state index contributed by atoms with van der Waals surface area (Å²) in [5.74, 6) is 2.03. The molecule has 0 aliphatic carbocycles. The highest BCUT2D eigenvalue weighted by Gasteiger charge is 2.27. The third kappa shape index (κ3) is 4.16. The van der Waals surface area contributed by atoms with Gasteiger partial charge in [0, 0.05) is 7.11 Å². The lowest BCUT2D eigenvalue weighted by Gasteiger charge is -2.27. The maximum Gasteiger partial charge on any atom is 0.267 e. The van der Waals surface area contributed by atoms with Crippen molar-refractivity contribution in [1.82, 2.24) is 0 Å². The molecule has 0 aromatic carbocycles. The maximum atomic E-state index is 10.7. The average Bonchev–Trinajstić information content (AvgIpc) is 2.14. The first kappa shape index (κ1) is 12.3. The Hall–Kier alpha value is 0.220. The van der Waals surface area contributed by atoms with Crippen LogP contribution in [0.15, 0.2) is 0 Å². The Morgan fingerprint density at radius 2 is 2.36 bits per heavy atom. The largest absolute Gasteiger partial charge is 0.380 e. The van der Waals surface area contributed by atoms with Crippen LogP contribution in [0.4, 0.5) is 0 Å². The van der Waals surface area contributed by atoms with Gasteiger partial charge in [-0.15, -0.1) is 0 Å². The van der Waals surface area contributed by atoms with Gasteiger partial charge in [0.15, 0.2) is 0 Å². The molecule has 2 atom stereocenters. The minimum Gasteiger partial charge on any atom is -0.380 e. The molecule has 6 heteroatoms. The van der Waals surface area contributed by atoms with Gasteiger partial charge in [0.25, 0.3) is 10.1 Å². The molecule has 0 aromatic rings. The van der Waals surface area contributed by atoms with E-state index < -0.39 is 10.1 Å². The molecule has 1 fully saturated rings. The van der Waals surface area contributed by atoms with E-state index in [1.807, 2.05) is 11.8 Å². The highest BCUT2D eigenvalue weighted by atomic mass is 32.2. The van der Waals surface area contributed by atoms with Crippen molar-refractivity contribution in [3.63, 3.8) is 0 Å². The maximum absolute atomic E-state index is 10.7. The van der Waals surface area contributed by atoms with Gasteiger partial charge in [-0.3, -0.25) is 4.55 Å². The Morgan fingerprint density at radius 1 is 1.64 bits per heavy atom. The van der Waals surface area contributed by atoms with Crippen molar-refractivity contribution in [2.45, 2.75) is 18.9 Å². The van der Waals surface area contributed by atoms with Crippen molar-refractivity contribution in [2.75, 3.05) is 24.4 Å². The molecule has 0 amide bonds. The fourth-order valence-electron chi connectivity index (χ4n) is 1.66. The Labute approximate surface area is 89.2 Å². The smallest absolute Gasteiger partial charge is 0.267 e. The Balaban J connectivity index is 2.52. The second kappa shape index (κ2) is 5.34. The summed E-state index contributed by atoms with van der Waals surface area (Å²) >= 11 is 1.82. The summed E-state index contributed by atoms with van der Waals surface area (Å²) in [5, 5.41) is 0. The van der Waals surface area contributed by atoms with E-state index in [0.29, 0.717) is 0 Å². The molecular formula is C8H16O4S2. The Morgan fingerprint density at radius 3 is 2.79 bits per heavy atom. The van der Waals surface area contributed by atoms with Crippen LogP contribution in [0.5, 0.6) is 0 Å². The molecule has 1 heterocycles. The lowest BCUT2D eigenvalue weighted by atomic mass is 10.00. The van der Waals surface area contributed by atoms with Crippen molar-refractivity contribution in [1.29, 1.82) is 0 Å². The molecule has 1 rings (SSSR count). The van der Waals surface area contributed by atoms with E-state index in [9.17, 15) is 8.42 Å². The summed E-state index contributed by atoms with van der Waals surface area (Å²) in [7, 11) is -2.42. The first-order valence-electron chi connectivity index (χ1n) is 4.58. The van der Waals surface area contributed by atoms with E-state index in [0.717, 1.165) is 24.3 Å². The van der Waals surface area contributed by atoms with Gasteiger partial charge >= 0.3 is 0 Å². The van der Waals surface area contributed by atoms with Crippen LogP contribution in [0.1, 0.15) is 12.8 Å². The Kier molecular flexibility index (Phi) is 4.69. The van der Waals surface area contributed by atoms with E-state index in [1.165, 1.54) is 7.11 Å². The molecule has 0 saturated carbocycles. The van der Waals surface area contributed by atoms with Crippen LogP contribution in [-0.2, 0) is 14.9 Å². The lowest BCUT2D eigenvalue weighted by Crippen LogP contribution is -2.33. The van der Waals surface area contributed by atoms with E-state index in [2.05, 4.69) is 0 Å². The second-order valence-corrected chi connectivity index (χ2v) is 6.15. The van der Waals surface area contributed by atoms with Crippen LogP contribution in [0.3, 0.4) is 0 Å². The van der Waals surface area contributed by atoms with E-state index in [-0.39, 0.29) is 17.8 Å². The van der Waals surface area contributed by atoms with E-state index in [4.69, 9.17) is 9.29 Å². The normalized spacial score (nSPS) is 26.0. The number of methoxy groups -OCH3 is 1. The number of ether oxygens (including phenoxy) is 1. The third-order valence-corrected chi connectivity index (χ3v) is 4.39. The Bertz CT molecular complexity index is 257. The monoisotopic (exact) mass is 240 g/mol. The summed E-state index contributed by atoms with van der Waals surface area (Å²) in [6.07, 6.45) is 1.72. The molecule has 1 saturated heterocycles. The topological polar surface area (TPSA) is 63.6 Å². The number of hydrogen-bond donors (Lipinski definition) is 1. The molecule has 84 valence electrons. The van der Waals surface area contributed by atoms with Gasteiger partial charge in [-0.2, -0.15) is 20.2 Å². The van der Waals surface area contributed by atoms with Gasteiger partial charge < -0.3 is 4.74 Å². The molecule has 0 aromatic heterocycles. The quantitative estimate of drug-likeness (QED) is 0.744. The molecule has 0 spiro atoms. The van der Waals surface area contributed by atoms with Gasteiger partial charge in [0.05, 0.1) is 6.10 Å². The first-order chi connectivity index (χ1) is 6.53. The van der Waals surface area contributed by atoms with Gasteiger partial charge in [-0.25, -0.2) is 0 Å². The zero-order valence-corrected chi connectivity index (χ0v) is 9.81. The van der Waals surface area contributed by atoms with Crippen molar-refractivity contribution in [2.24, 2.45) is 5.92 Å². The van der Waals surface area contributed by atoms with Gasteiger partial charge in [0.2, 0.25) is 0 Å². The highest BCUT2D eigenvalue weighted by Crippen LogP contribution is 2.27. The third-order valence-electron chi connectivity index (χ3n) is 2.40. The summed E-state index contributed by atoms with van der Waals surface area (Å²) in [6.45, 7) is 0. The van der Waals surface area contributed by atoms with Gasteiger partial charge in [-0.1, -0.05) is 0 Å². The predicted molar refractivity (Wildman–Crippen MR) is 57.3 cm³/mol. The van der Waals surface area contributed by atoms with Crippen molar-refractivity contribution in [3.05, 3.63) is 0 Å². The number of hydrogen-bond acceptors (Lipinski definition) is 4. The molecular weight excluding hydrogens is 224 g/mol. The van der Waals surface area contributed by atoms with Crippen LogP contribution in [0.2, 0.25) is 0 Å². The van der Waals surface area contributed by atoms with Crippen LogP contribution in [0.25, 0.3) is 0 Å². The predicted octanol–water partition coefficient (Wildman–Crippen LogP) is 1.03. The van der Waals surface area contributed by atoms with E-state index in [1.54, 1.807) is 0 Å². The van der Waals surface area contributed by atoms with Crippen LogP contribution in [-0.4, -0.2) is 43.4 Å². The highest BCUT2D eigenvalue weighted by molar-refractivity contribution is 7.99. The molecule has 1 aliphatic rings. The van der Waals surface area contributed by atoms with Crippen molar-refractivity contribution in [3.8, 4) is 0 Å². The zero-order chi connectivity index (χ0) is 10.6. The number of thioether (sulfide) groups is 1. The molecule has 14 heavy (non-hydrogen) atoms. The summed E-state index contributed by atoms with van der Waals surface area (Å²) < 4.78 is 35.3. The lowest BCUT2D eigenvalue weighted by molar-refractivity contribution is 0.0721. The fraction of sp³-hybridized carbons (Fsp3) is 1.00. The zero-order valence-electron chi connectivity index (χ0n) is 8.18. The first-order valence-corrected chi connectivity index (χ1v) is 7.35. The molecule has 0 radical (unpaired) electrons. The fourth-order valence-corrected chi connectivity index (χ4v) is 3.71. The average molecular weight is 240 g/mol. The van der Waals surface area contributed by atoms with Crippen molar-refractivity contribution >= 4 is 21.9 Å². The molecule has 0 bridgehead atoms. The molecule has 1 N–H and O–H groups in total. The SMILES string of the molecule is COC(CS(=O)(=O)O)C1CCCSC1. The van der Waals surface area contributed by atoms with Crippen LogP contribution in [0, 0.1) is 5.92 Å². The molecule has 1 aliphatic heterocycles. The van der Waals surface area contributed by atoms with E-state index >= 15 is 0 Å². The summed E-state index contributed by atoms with van der Waals surface area (Å²) in [5.41, 5.74) is 0. The standard InChI is InChI=1S/C8H16O4S2/c1-12-8(6-14(9,10)11)7-3-2-4-13-5-7/h7-8H,2-6H2,1H3,(H,9,10,11). The van der Waals surface area contributed by atoms with Gasteiger partial charge in [-0.05, 0) is 30.3 Å². The van der Waals surface area contributed by atoms with Gasteiger partial charge in [0.1, 0.15) is 5.75 Å². The minimum absolute atomic E-state index is 0.251. The molecule has 4 nitrogen and oxygen atoms in total. The number of rotatable bonds is 4. The molecule has 2 unspecified atom stereocenters.